The average molecular weight is 205 g/mol. The van der Waals surface area contributed by atoms with Gasteiger partial charge in [0, 0.05) is 0 Å². The third-order valence-corrected chi connectivity index (χ3v) is 2.38. The van der Waals surface area contributed by atoms with Gasteiger partial charge in [-0.05, 0) is 31.5 Å². The van der Waals surface area contributed by atoms with E-state index in [2.05, 4.69) is 5.32 Å². The van der Waals surface area contributed by atoms with Crippen LogP contribution in [-0.2, 0) is 4.79 Å². The highest BCUT2D eigenvalue weighted by atomic mass is 16.5. The van der Waals surface area contributed by atoms with Crippen molar-refractivity contribution in [3.63, 3.8) is 0 Å². The fourth-order valence-electron chi connectivity index (χ4n) is 1.61. The summed E-state index contributed by atoms with van der Waals surface area (Å²) in [6.07, 6.45) is 0.795. The van der Waals surface area contributed by atoms with E-state index in [1.165, 1.54) is 0 Å². The normalized spacial score (nSPS) is 19.7. The Labute approximate surface area is 89.4 Å². The van der Waals surface area contributed by atoms with Gasteiger partial charge in [-0.1, -0.05) is 12.1 Å². The molecule has 1 amide bonds. The first kappa shape index (κ1) is 10.0. The molecule has 0 bridgehead atoms. The zero-order valence-corrected chi connectivity index (χ0v) is 8.99. The lowest BCUT2D eigenvalue weighted by Crippen LogP contribution is -2.41. The lowest BCUT2D eigenvalue weighted by Gasteiger charge is -2.27. The number of carbonyl (C=O) groups is 1. The van der Waals surface area contributed by atoms with Crippen LogP contribution in [0.25, 0.3) is 0 Å². The van der Waals surface area contributed by atoms with Gasteiger partial charge in [0.2, 0.25) is 5.91 Å². The van der Waals surface area contributed by atoms with Crippen LogP contribution in [0.4, 0.5) is 0 Å². The summed E-state index contributed by atoms with van der Waals surface area (Å²) in [5.41, 5.74) is 1.14. The van der Waals surface area contributed by atoms with Crippen molar-refractivity contribution in [1.82, 2.24) is 5.32 Å². The maximum atomic E-state index is 10.8. The molecule has 1 unspecified atom stereocenters. The first-order chi connectivity index (χ1) is 7.15. The second kappa shape index (κ2) is 3.93. The quantitative estimate of drug-likeness (QED) is 0.767. The summed E-state index contributed by atoms with van der Waals surface area (Å²) in [4.78, 5) is 10.8. The second-order valence-electron chi connectivity index (χ2n) is 4.06. The largest absolute Gasteiger partial charge is 0.491 e. The predicted octanol–water partition coefficient (Wildman–Crippen LogP) is 2.03. The highest BCUT2D eigenvalue weighted by Gasteiger charge is 2.26. The van der Waals surface area contributed by atoms with Gasteiger partial charge in [-0.3, -0.25) is 4.79 Å². The molecule has 1 heterocycles. The molecule has 1 aromatic carbocycles. The molecule has 1 N–H and O–H groups in total. The molecule has 1 atom stereocenters. The molecule has 15 heavy (non-hydrogen) atoms. The summed E-state index contributed by atoms with van der Waals surface area (Å²) >= 11 is 0. The Morgan fingerprint density at radius 1 is 1.33 bits per heavy atom. The molecule has 0 saturated carbocycles. The number of rotatable bonds is 3. The van der Waals surface area contributed by atoms with Gasteiger partial charge in [-0.15, -0.1) is 0 Å². The van der Waals surface area contributed by atoms with Crippen molar-refractivity contribution in [2.24, 2.45) is 0 Å². The second-order valence-corrected chi connectivity index (χ2v) is 4.06. The average Bonchev–Trinajstić information content (AvgIpc) is 2.14. The fourth-order valence-corrected chi connectivity index (χ4v) is 1.61. The molecule has 1 aliphatic heterocycles. The Morgan fingerprint density at radius 3 is 2.40 bits per heavy atom. The van der Waals surface area contributed by atoms with E-state index in [9.17, 15) is 4.79 Å². The molecule has 1 aliphatic rings. The minimum absolute atomic E-state index is 0.127. The van der Waals surface area contributed by atoms with E-state index in [0.717, 1.165) is 11.3 Å². The van der Waals surface area contributed by atoms with Crippen LogP contribution in [0.3, 0.4) is 0 Å². The molecule has 1 aromatic rings. The van der Waals surface area contributed by atoms with E-state index in [1.54, 1.807) is 0 Å². The summed E-state index contributed by atoms with van der Waals surface area (Å²) in [6, 6.07) is 8.09. The van der Waals surface area contributed by atoms with Crippen molar-refractivity contribution in [1.29, 1.82) is 0 Å². The number of nitrogens with one attached hydrogen (secondary N) is 1. The molecule has 80 valence electrons. The fraction of sp³-hybridized carbons (Fsp3) is 0.417. The lowest BCUT2D eigenvalue weighted by molar-refractivity contribution is -0.128. The third-order valence-electron chi connectivity index (χ3n) is 2.38. The number of ether oxygens (including phenoxy) is 1. The van der Waals surface area contributed by atoms with Gasteiger partial charge < -0.3 is 10.1 Å². The lowest BCUT2D eigenvalue weighted by atomic mass is 9.97. The van der Waals surface area contributed by atoms with Crippen LogP contribution in [0.5, 0.6) is 5.75 Å². The summed E-state index contributed by atoms with van der Waals surface area (Å²) in [7, 11) is 0. The van der Waals surface area contributed by atoms with E-state index in [4.69, 9.17) is 4.74 Å². The van der Waals surface area contributed by atoms with Gasteiger partial charge in [-0.2, -0.15) is 0 Å². The zero-order chi connectivity index (χ0) is 10.8. The first-order valence-corrected chi connectivity index (χ1v) is 5.21. The molecule has 0 radical (unpaired) electrons. The smallest absolute Gasteiger partial charge is 0.222 e. The highest BCUT2D eigenvalue weighted by molar-refractivity contribution is 5.83. The van der Waals surface area contributed by atoms with Gasteiger partial charge >= 0.3 is 0 Å². The van der Waals surface area contributed by atoms with Crippen LogP contribution in [0.15, 0.2) is 24.3 Å². The van der Waals surface area contributed by atoms with Crippen LogP contribution >= 0.6 is 0 Å². The Kier molecular flexibility index (Phi) is 2.62. The van der Waals surface area contributed by atoms with Gasteiger partial charge in [-0.25, -0.2) is 0 Å². The Balaban J connectivity index is 2.01. The van der Waals surface area contributed by atoms with Crippen LogP contribution in [-0.4, -0.2) is 12.0 Å². The first-order valence-electron chi connectivity index (χ1n) is 5.21. The Bertz CT molecular complexity index is 348. The Morgan fingerprint density at radius 2 is 1.93 bits per heavy atom. The number of β-lactam (4-membered cyclic amide) rings is 1. The number of amides is 1. The number of benzene rings is 1. The van der Waals surface area contributed by atoms with Crippen molar-refractivity contribution in [3.05, 3.63) is 29.8 Å². The third kappa shape index (κ3) is 2.29. The van der Waals surface area contributed by atoms with E-state index < -0.39 is 0 Å². The maximum absolute atomic E-state index is 10.8. The molecule has 1 fully saturated rings. The van der Waals surface area contributed by atoms with Gasteiger partial charge in [0.15, 0.2) is 0 Å². The molecule has 0 aliphatic carbocycles. The summed E-state index contributed by atoms with van der Waals surface area (Å²) in [5, 5.41) is 2.84. The summed E-state index contributed by atoms with van der Waals surface area (Å²) in [6.45, 7) is 4.00. The van der Waals surface area contributed by atoms with E-state index in [1.807, 2.05) is 38.1 Å². The van der Waals surface area contributed by atoms with Crippen molar-refractivity contribution < 1.29 is 9.53 Å². The standard InChI is InChI=1S/C12H15NO2/c1-8(2)15-10-5-3-9(4-6-10)11-7-12(14)13-11/h3-6,8,11H,7H2,1-2H3,(H,13,14). The molecule has 3 nitrogen and oxygen atoms in total. The van der Waals surface area contributed by atoms with Crippen LogP contribution < -0.4 is 10.1 Å². The van der Waals surface area contributed by atoms with Crippen molar-refractivity contribution in [2.45, 2.75) is 32.4 Å². The van der Waals surface area contributed by atoms with Crippen molar-refractivity contribution in [3.8, 4) is 5.75 Å². The number of hydrogen-bond acceptors (Lipinski definition) is 2. The van der Waals surface area contributed by atoms with Gasteiger partial charge in [0.25, 0.3) is 0 Å². The summed E-state index contributed by atoms with van der Waals surface area (Å²) < 4.78 is 5.53. The van der Waals surface area contributed by atoms with Gasteiger partial charge in [0.1, 0.15) is 5.75 Å². The number of carbonyl (C=O) groups excluding carboxylic acids is 1. The van der Waals surface area contributed by atoms with Crippen LogP contribution in [0.1, 0.15) is 31.9 Å². The minimum atomic E-state index is 0.127. The molecule has 0 aromatic heterocycles. The SMILES string of the molecule is CC(C)Oc1ccc(C2CC(=O)N2)cc1. The van der Waals surface area contributed by atoms with Crippen LogP contribution in [0.2, 0.25) is 0 Å². The maximum Gasteiger partial charge on any atom is 0.222 e. The number of hydrogen-bond donors (Lipinski definition) is 1. The highest BCUT2D eigenvalue weighted by Crippen LogP contribution is 2.25. The molecule has 0 spiro atoms. The molecule has 1 saturated heterocycles. The van der Waals surface area contributed by atoms with Crippen LogP contribution in [0, 0.1) is 0 Å². The molecule has 3 heteroatoms. The monoisotopic (exact) mass is 205 g/mol. The molecule has 2 rings (SSSR count). The zero-order valence-electron chi connectivity index (χ0n) is 8.99. The summed E-state index contributed by atoms with van der Waals surface area (Å²) in [5.74, 6) is 1.00. The minimum Gasteiger partial charge on any atom is -0.491 e. The van der Waals surface area contributed by atoms with Gasteiger partial charge in [0.05, 0.1) is 18.6 Å². The molecular formula is C12H15NO2. The van der Waals surface area contributed by atoms with Crippen molar-refractivity contribution >= 4 is 5.91 Å². The van der Waals surface area contributed by atoms with E-state index in [-0.39, 0.29) is 18.1 Å². The van der Waals surface area contributed by atoms with E-state index >= 15 is 0 Å². The van der Waals surface area contributed by atoms with E-state index in [0.29, 0.717) is 6.42 Å². The topological polar surface area (TPSA) is 38.3 Å². The molecular weight excluding hydrogens is 190 g/mol. The van der Waals surface area contributed by atoms with Crippen molar-refractivity contribution in [2.75, 3.05) is 0 Å². The Hall–Kier alpha value is -1.51. The predicted molar refractivity (Wildman–Crippen MR) is 57.7 cm³/mol.